The third-order valence-corrected chi connectivity index (χ3v) is 3.41. The van der Waals surface area contributed by atoms with Gasteiger partial charge in [0.1, 0.15) is 18.0 Å². The molecule has 0 saturated heterocycles. The van der Waals surface area contributed by atoms with Crippen LogP contribution in [0.4, 0.5) is 4.39 Å². The monoisotopic (exact) mass is 293 g/mol. The zero-order chi connectivity index (χ0) is 14.3. The van der Waals surface area contributed by atoms with Crippen LogP contribution >= 0.6 is 11.6 Å². The molecule has 0 amide bonds. The Kier molecular flexibility index (Phi) is 3.17. The van der Waals surface area contributed by atoms with E-state index >= 15 is 0 Å². The van der Waals surface area contributed by atoms with Crippen LogP contribution in [0.3, 0.4) is 0 Å². The second-order valence-corrected chi connectivity index (χ2v) is 4.94. The molecule has 0 aliphatic carbocycles. The molecule has 0 atom stereocenters. The Bertz CT molecular complexity index is 777. The lowest BCUT2D eigenvalue weighted by Gasteiger charge is -2.05. The summed E-state index contributed by atoms with van der Waals surface area (Å²) in [6, 6.07) is 3.21. The minimum Gasteiger partial charge on any atom is -0.319 e. The standard InChI is InChI=1S/C13H13ClFN5/c1-8-3-11-10(4-9(8)15)17-13(5-14)20(11)6-12-16-7-19(2)18-12/h3-4,7H,5-6H2,1-2H3. The van der Waals surface area contributed by atoms with Crippen molar-refractivity contribution in [2.75, 3.05) is 0 Å². The molecule has 0 bridgehead atoms. The Morgan fingerprint density at radius 1 is 1.35 bits per heavy atom. The summed E-state index contributed by atoms with van der Waals surface area (Å²) in [4.78, 5) is 8.56. The van der Waals surface area contributed by atoms with Gasteiger partial charge in [-0.3, -0.25) is 4.68 Å². The van der Waals surface area contributed by atoms with Gasteiger partial charge >= 0.3 is 0 Å². The predicted molar refractivity (Wildman–Crippen MR) is 74.1 cm³/mol. The molecule has 2 heterocycles. The molecular formula is C13H13ClFN5. The van der Waals surface area contributed by atoms with Crippen molar-refractivity contribution in [3.05, 3.63) is 41.5 Å². The van der Waals surface area contributed by atoms with Crippen molar-refractivity contribution in [1.29, 1.82) is 0 Å². The van der Waals surface area contributed by atoms with Gasteiger partial charge in [0, 0.05) is 13.1 Å². The first-order chi connectivity index (χ1) is 9.58. The van der Waals surface area contributed by atoms with E-state index in [1.165, 1.54) is 6.07 Å². The summed E-state index contributed by atoms with van der Waals surface area (Å²) in [5.74, 6) is 1.33. The van der Waals surface area contributed by atoms with Gasteiger partial charge in [0.15, 0.2) is 5.82 Å². The number of aryl methyl sites for hydroxylation is 2. The molecular weight excluding hydrogens is 281 g/mol. The van der Waals surface area contributed by atoms with E-state index in [-0.39, 0.29) is 11.7 Å². The largest absolute Gasteiger partial charge is 0.319 e. The summed E-state index contributed by atoms with van der Waals surface area (Å²) in [5.41, 5.74) is 2.01. The summed E-state index contributed by atoms with van der Waals surface area (Å²) in [6.07, 6.45) is 1.64. The zero-order valence-electron chi connectivity index (χ0n) is 11.1. The Morgan fingerprint density at radius 3 is 2.80 bits per heavy atom. The first-order valence-electron chi connectivity index (χ1n) is 6.14. The fourth-order valence-electron chi connectivity index (χ4n) is 2.18. The molecule has 104 valence electrons. The second kappa shape index (κ2) is 4.86. The van der Waals surface area contributed by atoms with E-state index in [1.54, 1.807) is 24.0 Å². The molecule has 1 aromatic carbocycles. The van der Waals surface area contributed by atoms with E-state index in [4.69, 9.17) is 11.6 Å². The van der Waals surface area contributed by atoms with Crippen molar-refractivity contribution >= 4 is 22.6 Å². The number of nitrogens with zero attached hydrogens (tertiary/aromatic N) is 5. The molecule has 0 aliphatic heterocycles. The van der Waals surface area contributed by atoms with E-state index in [9.17, 15) is 4.39 Å². The molecule has 20 heavy (non-hydrogen) atoms. The van der Waals surface area contributed by atoms with Gasteiger partial charge in [-0.05, 0) is 18.6 Å². The van der Waals surface area contributed by atoms with Crippen LogP contribution in [0.1, 0.15) is 17.2 Å². The average Bonchev–Trinajstić information content (AvgIpc) is 2.96. The number of fused-ring (bicyclic) bond motifs is 1. The van der Waals surface area contributed by atoms with Crippen LogP contribution in [0.25, 0.3) is 11.0 Å². The number of imidazole rings is 1. The highest BCUT2D eigenvalue weighted by Gasteiger charge is 2.14. The highest BCUT2D eigenvalue weighted by atomic mass is 35.5. The molecule has 0 aliphatic rings. The van der Waals surface area contributed by atoms with Crippen molar-refractivity contribution in [1.82, 2.24) is 24.3 Å². The van der Waals surface area contributed by atoms with Gasteiger partial charge in [-0.15, -0.1) is 11.6 Å². The fourth-order valence-corrected chi connectivity index (χ4v) is 2.38. The molecule has 0 N–H and O–H groups in total. The van der Waals surface area contributed by atoms with Crippen LogP contribution in [-0.4, -0.2) is 24.3 Å². The predicted octanol–water partition coefficient (Wildman–Crippen LogP) is 2.40. The molecule has 3 rings (SSSR count). The third kappa shape index (κ3) is 2.16. The Balaban J connectivity index is 2.14. The maximum atomic E-state index is 13.6. The average molecular weight is 294 g/mol. The molecule has 0 unspecified atom stereocenters. The maximum Gasteiger partial charge on any atom is 0.170 e. The van der Waals surface area contributed by atoms with Gasteiger partial charge in [-0.1, -0.05) is 0 Å². The van der Waals surface area contributed by atoms with Gasteiger partial charge in [0.05, 0.1) is 23.5 Å². The second-order valence-electron chi connectivity index (χ2n) is 4.67. The van der Waals surface area contributed by atoms with Crippen LogP contribution in [0.2, 0.25) is 0 Å². The highest BCUT2D eigenvalue weighted by Crippen LogP contribution is 2.22. The topological polar surface area (TPSA) is 48.5 Å². The number of hydrogen-bond donors (Lipinski definition) is 0. The number of aromatic nitrogens is 5. The number of hydrogen-bond acceptors (Lipinski definition) is 3. The van der Waals surface area contributed by atoms with Gasteiger partial charge in [-0.2, -0.15) is 5.10 Å². The van der Waals surface area contributed by atoms with Crippen LogP contribution in [-0.2, 0) is 19.5 Å². The summed E-state index contributed by atoms with van der Waals surface area (Å²) >= 11 is 5.93. The number of benzene rings is 1. The molecule has 3 aromatic rings. The summed E-state index contributed by atoms with van der Waals surface area (Å²) in [6.45, 7) is 2.19. The Hall–Kier alpha value is -1.95. The van der Waals surface area contributed by atoms with Crippen LogP contribution < -0.4 is 0 Å². The minimum atomic E-state index is -0.265. The van der Waals surface area contributed by atoms with E-state index in [0.29, 0.717) is 29.3 Å². The lowest BCUT2D eigenvalue weighted by atomic mass is 10.2. The smallest absolute Gasteiger partial charge is 0.170 e. The van der Waals surface area contributed by atoms with Crippen molar-refractivity contribution in [2.24, 2.45) is 7.05 Å². The molecule has 2 aromatic heterocycles. The molecule has 7 heteroatoms. The van der Waals surface area contributed by atoms with Gasteiger partial charge in [-0.25, -0.2) is 14.4 Å². The van der Waals surface area contributed by atoms with E-state index in [0.717, 1.165) is 5.52 Å². The lowest BCUT2D eigenvalue weighted by Crippen LogP contribution is -2.06. The summed E-state index contributed by atoms with van der Waals surface area (Å²) in [5, 5.41) is 4.25. The number of rotatable bonds is 3. The summed E-state index contributed by atoms with van der Waals surface area (Å²) in [7, 11) is 1.81. The van der Waals surface area contributed by atoms with E-state index in [1.807, 2.05) is 11.6 Å². The van der Waals surface area contributed by atoms with Crippen molar-refractivity contribution < 1.29 is 4.39 Å². The fraction of sp³-hybridized carbons (Fsp3) is 0.308. The van der Waals surface area contributed by atoms with Crippen LogP contribution in [0.5, 0.6) is 0 Å². The first-order valence-corrected chi connectivity index (χ1v) is 6.67. The molecule has 0 saturated carbocycles. The molecule has 0 fully saturated rings. The molecule has 0 spiro atoms. The quantitative estimate of drug-likeness (QED) is 0.697. The van der Waals surface area contributed by atoms with Gasteiger partial charge in [0.2, 0.25) is 0 Å². The third-order valence-electron chi connectivity index (χ3n) is 3.17. The minimum absolute atomic E-state index is 0.252. The van der Waals surface area contributed by atoms with Crippen LogP contribution in [0, 0.1) is 12.7 Å². The van der Waals surface area contributed by atoms with E-state index < -0.39 is 0 Å². The molecule has 5 nitrogen and oxygen atoms in total. The Labute approximate surface area is 120 Å². The molecule has 0 radical (unpaired) electrons. The maximum absolute atomic E-state index is 13.6. The van der Waals surface area contributed by atoms with Crippen molar-refractivity contribution in [3.8, 4) is 0 Å². The highest BCUT2D eigenvalue weighted by molar-refractivity contribution is 6.16. The zero-order valence-corrected chi connectivity index (χ0v) is 11.9. The SMILES string of the molecule is Cc1cc2c(cc1F)nc(CCl)n2Cc1ncn(C)n1. The van der Waals surface area contributed by atoms with Crippen molar-refractivity contribution in [2.45, 2.75) is 19.3 Å². The normalized spacial score (nSPS) is 11.4. The lowest BCUT2D eigenvalue weighted by molar-refractivity contribution is 0.620. The van der Waals surface area contributed by atoms with Crippen molar-refractivity contribution in [3.63, 3.8) is 0 Å². The first kappa shape index (κ1) is 13.1. The summed E-state index contributed by atoms with van der Waals surface area (Å²) < 4.78 is 17.2. The number of alkyl halides is 1. The van der Waals surface area contributed by atoms with Gasteiger partial charge in [0.25, 0.3) is 0 Å². The Morgan fingerprint density at radius 2 is 2.15 bits per heavy atom. The number of halogens is 2. The van der Waals surface area contributed by atoms with E-state index in [2.05, 4.69) is 15.1 Å². The van der Waals surface area contributed by atoms with Gasteiger partial charge < -0.3 is 4.57 Å². The van der Waals surface area contributed by atoms with Crippen LogP contribution in [0.15, 0.2) is 18.5 Å².